The molecule has 70 valence electrons. The van der Waals surface area contributed by atoms with Crippen LogP contribution in [0, 0.1) is 11.8 Å². The molecule has 1 aromatic carbocycles. The number of hydrogen-bond donors (Lipinski definition) is 0. The zero-order valence-electron chi connectivity index (χ0n) is 8.29. The topological polar surface area (TPSA) is 9.23 Å². The van der Waals surface area contributed by atoms with Crippen molar-refractivity contribution in [2.45, 2.75) is 20.3 Å². The first-order valence-electron chi connectivity index (χ1n) is 4.98. The normalized spacial score (nSPS) is 21.0. The highest BCUT2D eigenvalue weighted by Crippen LogP contribution is 2.29. The third-order valence-corrected chi connectivity index (χ3v) is 2.85. The highest BCUT2D eigenvalue weighted by molar-refractivity contribution is 5.35. The van der Waals surface area contributed by atoms with E-state index in [1.165, 1.54) is 12.0 Å². The summed E-state index contributed by atoms with van der Waals surface area (Å²) >= 11 is 0. The summed E-state index contributed by atoms with van der Waals surface area (Å²) in [5.41, 5.74) is 1.37. The van der Waals surface area contributed by atoms with Crippen LogP contribution in [0.5, 0.6) is 5.75 Å². The van der Waals surface area contributed by atoms with Crippen LogP contribution in [0.15, 0.2) is 24.3 Å². The molecule has 0 aliphatic carbocycles. The summed E-state index contributed by atoms with van der Waals surface area (Å²) in [6.07, 6.45) is 1.17. The molecule has 1 nitrogen and oxygen atoms in total. The van der Waals surface area contributed by atoms with Crippen LogP contribution < -0.4 is 4.74 Å². The molecule has 1 unspecified atom stereocenters. The molecule has 0 saturated carbocycles. The zero-order chi connectivity index (χ0) is 9.26. The van der Waals surface area contributed by atoms with E-state index in [0.717, 1.165) is 12.4 Å². The van der Waals surface area contributed by atoms with Crippen LogP contribution in [0.1, 0.15) is 19.4 Å². The SMILES string of the molecule is CC(C)C1COc2ccccc2C1. The van der Waals surface area contributed by atoms with Gasteiger partial charge in [0.2, 0.25) is 0 Å². The largest absolute Gasteiger partial charge is 0.493 e. The lowest BCUT2D eigenvalue weighted by atomic mass is 9.88. The Morgan fingerprint density at radius 3 is 2.85 bits per heavy atom. The Morgan fingerprint density at radius 1 is 1.31 bits per heavy atom. The van der Waals surface area contributed by atoms with Gasteiger partial charge in [0, 0.05) is 0 Å². The number of benzene rings is 1. The van der Waals surface area contributed by atoms with E-state index in [1.807, 2.05) is 6.07 Å². The predicted octanol–water partition coefficient (Wildman–Crippen LogP) is 2.89. The quantitative estimate of drug-likeness (QED) is 0.639. The van der Waals surface area contributed by atoms with Gasteiger partial charge in [0.15, 0.2) is 0 Å². The van der Waals surface area contributed by atoms with Gasteiger partial charge < -0.3 is 4.74 Å². The van der Waals surface area contributed by atoms with Gasteiger partial charge in [-0.2, -0.15) is 0 Å². The molecule has 0 amide bonds. The minimum Gasteiger partial charge on any atom is -0.493 e. The molecule has 0 fully saturated rings. The summed E-state index contributed by atoms with van der Waals surface area (Å²) in [6, 6.07) is 8.36. The van der Waals surface area contributed by atoms with Gasteiger partial charge in [-0.1, -0.05) is 32.0 Å². The fraction of sp³-hybridized carbons (Fsp3) is 0.500. The average molecular weight is 176 g/mol. The summed E-state index contributed by atoms with van der Waals surface area (Å²) in [7, 11) is 0. The molecule has 1 atom stereocenters. The van der Waals surface area contributed by atoms with Crippen LogP contribution in [0.4, 0.5) is 0 Å². The fourth-order valence-electron chi connectivity index (χ4n) is 1.78. The fourth-order valence-corrected chi connectivity index (χ4v) is 1.78. The molecule has 13 heavy (non-hydrogen) atoms. The molecular weight excluding hydrogens is 160 g/mol. The molecule has 1 aliphatic heterocycles. The first-order valence-corrected chi connectivity index (χ1v) is 4.98. The number of fused-ring (bicyclic) bond motifs is 1. The smallest absolute Gasteiger partial charge is 0.122 e. The van der Waals surface area contributed by atoms with Gasteiger partial charge in [-0.25, -0.2) is 0 Å². The Balaban J connectivity index is 2.20. The number of para-hydroxylation sites is 1. The van der Waals surface area contributed by atoms with Crippen molar-refractivity contribution in [2.24, 2.45) is 11.8 Å². The molecule has 1 heterocycles. The zero-order valence-corrected chi connectivity index (χ0v) is 8.29. The number of ether oxygens (including phenoxy) is 1. The van der Waals surface area contributed by atoms with Gasteiger partial charge in [0.25, 0.3) is 0 Å². The van der Waals surface area contributed by atoms with Crippen molar-refractivity contribution in [2.75, 3.05) is 6.61 Å². The monoisotopic (exact) mass is 176 g/mol. The lowest BCUT2D eigenvalue weighted by Gasteiger charge is -2.27. The van der Waals surface area contributed by atoms with Crippen molar-refractivity contribution >= 4 is 0 Å². The Hall–Kier alpha value is -0.980. The molecule has 0 radical (unpaired) electrons. The first kappa shape index (κ1) is 8.61. The van der Waals surface area contributed by atoms with Crippen molar-refractivity contribution in [3.05, 3.63) is 29.8 Å². The molecule has 0 aromatic heterocycles. The molecule has 0 saturated heterocycles. The molecule has 0 spiro atoms. The Kier molecular flexibility index (Phi) is 2.26. The van der Waals surface area contributed by atoms with Crippen molar-refractivity contribution < 1.29 is 4.74 Å². The summed E-state index contributed by atoms with van der Waals surface area (Å²) in [5.74, 6) is 2.49. The molecule has 1 aliphatic rings. The lowest BCUT2D eigenvalue weighted by Crippen LogP contribution is -2.24. The second-order valence-electron chi connectivity index (χ2n) is 4.13. The van der Waals surface area contributed by atoms with Crippen molar-refractivity contribution in [3.63, 3.8) is 0 Å². The van der Waals surface area contributed by atoms with Gasteiger partial charge in [-0.05, 0) is 29.9 Å². The maximum Gasteiger partial charge on any atom is 0.122 e. The standard InChI is InChI=1S/C12H16O/c1-9(2)11-7-10-5-3-4-6-12(10)13-8-11/h3-6,9,11H,7-8H2,1-2H3. The van der Waals surface area contributed by atoms with E-state index in [-0.39, 0.29) is 0 Å². The molecule has 0 bridgehead atoms. The van der Waals surface area contributed by atoms with E-state index in [4.69, 9.17) is 4.74 Å². The minimum atomic E-state index is 0.690. The van der Waals surface area contributed by atoms with Crippen molar-refractivity contribution in [1.82, 2.24) is 0 Å². The second kappa shape index (κ2) is 3.41. The Bertz CT molecular complexity index is 291. The van der Waals surface area contributed by atoms with Crippen LogP contribution in [-0.4, -0.2) is 6.61 Å². The molecule has 2 rings (SSSR count). The molecule has 1 aromatic rings. The van der Waals surface area contributed by atoms with Crippen LogP contribution in [0.25, 0.3) is 0 Å². The van der Waals surface area contributed by atoms with E-state index < -0.39 is 0 Å². The number of rotatable bonds is 1. The first-order chi connectivity index (χ1) is 6.27. The highest BCUT2D eigenvalue weighted by Gasteiger charge is 2.21. The van der Waals surface area contributed by atoms with E-state index >= 15 is 0 Å². The van der Waals surface area contributed by atoms with Crippen LogP contribution in [-0.2, 0) is 6.42 Å². The predicted molar refractivity (Wildman–Crippen MR) is 54.0 cm³/mol. The maximum absolute atomic E-state index is 5.70. The summed E-state index contributed by atoms with van der Waals surface area (Å²) < 4.78 is 5.70. The van der Waals surface area contributed by atoms with Crippen LogP contribution >= 0.6 is 0 Å². The second-order valence-corrected chi connectivity index (χ2v) is 4.13. The van der Waals surface area contributed by atoms with Gasteiger partial charge >= 0.3 is 0 Å². The average Bonchev–Trinajstić information content (AvgIpc) is 2.17. The van der Waals surface area contributed by atoms with Crippen LogP contribution in [0.2, 0.25) is 0 Å². The van der Waals surface area contributed by atoms with Crippen molar-refractivity contribution in [1.29, 1.82) is 0 Å². The van der Waals surface area contributed by atoms with Gasteiger partial charge in [-0.15, -0.1) is 0 Å². The summed E-state index contributed by atoms with van der Waals surface area (Å²) in [4.78, 5) is 0. The van der Waals surface area contributed by atoms with Gasteiger partial charge in [-0.3, -0.25) is 0 Å². The minimum absolute atomic E-state index is 0.690. The van der Waals surface area contributed by atoms with Gasteiger partial charge in [0.05, 0.1) is 6.61 Å². The van der Waals surface area contributed by atoms with Crippen molar-refractivity contribution in [3.8, 4) is 5.75 Å². The van der Waals surface area contributed by atoms with E-state index in [1.54, 1.807) is 0 Å². The van der Waals surface area contributed by atoms with E-state index in [0.29, 0.717) is 11.8 Å². The van der Waals surface area contributed by atoms with Crippen LogP contribution in [0.3, 0.4) is 0 Å². The molecule has 0 N–H and O–H groups in total. The van der Waals surface area contributed by atoms with Gasteiger partial charge in [0.1, 0.15) is 5.75 Å². The molecule has 1 heteroatoms. The highest BCUT2D eigenvalue weighted by atomic mass is 16.5. The van der Waals surface area contributed by atoms with E-state index in [2.05, 4.69) is 32.0 Å². The lowest BCUT2D eigenvalue weighted by molar-refractivity contribution is 0.185. The summed E-state index contributed by atoms with van der Waals surface area (Å²) in [5, 5.41) is 0. The number of hydrogen-bond acceptors (Lipinski definition) is 1. The van der Waals surface area contributed by atoms with E-state index in [9.17, 15) is 0 Å². The Morgan fingerprint density at radius 2 is 2.08 bits per heavy atom. The third kappa shape index (κ3) is 1.69. The maximum atomic E-state index is 5.70. The Labute approximate surface area is 79.7 Å². The summed E-state index contributed by atoms with van der Waals surface area (Å²) in [6.45, 7) is 5.42. The third-order valence-electron chi connectivity index (χ3n) is 2.85. The molecular formula is C12H16O.